The van der Waals surface area contributed by atoms with Gasteiger partial charge in [0.1, 0.15) is 0 Å². The zero-order chi connectivity index (χ0) is 9.26. The van der Waals surface area contributed by atoms with Crippen LogP contribution >= 0.6 is 15.9 Å². The summed E-state index contributed by atoms with van der Waals surface area (Å²) in [5.41, 5.74) is 1.11. The van der Waals surface area contributed by atoms with Crippen molar-refractivity contribution >= 4 is 22.0 Å². The summed E-state index contributed by atoms with van der Waals surface area (Å²) in [5, 5.41) is 0. The molecule has 0 atom stereocenters. The molecule has 1 aliphatic heterocycles. The van der Waals surface area contributed by atoms with Crippen LogP contribution in [0.15, 0.2) is 22.7 Å². The van der Waals surface area contributed by atoms with Crippen LogP contribution in [-0.4, -0.2) is 6.79 Å². The van der Waals surface area contributed by atoms with Crippen LogP contribution in [-0.2, 0) is 0 Å². The highest BCUT2D eigenvalue weighted by Crippen LogP contribution is 2.33. The molecule has 0 saturated carbocycles. The summed E-state index contributed by atoms with van der Waals surface area (Å²) < 4.78 is 11.5. The molecular weight excluding hydrogens is 232 g/mol. The second kappa shape index (κ2) is 3.42. The summed E-state index contributed by atoms with van der Waals surface area (Å²) >= 11 is 3.38. The van der Waals surface area contributed by atoms with Crippen molar-refractivity contribution in [3.05, 3.63) is 28.2 Å². The third-order valence-electron chi connectivity index (χ3n) is 1.76. The fourth-order valence-electron chi connectivity index (χ4n) is 1.23. The summed E-state index contributed by atoms with van der Waals surface area (Å²) in [6.07, 6.45) is 2.03. The Hall–Kier alpha value is -0.960. The Bertz CT molecular complexity index is 354. The molecular formula is C10H9BrO2. The van der Waals surface area contributed by atoms with E-state index in [1.54, 1.807) is 0 Å². The topological polar surface area (TPSA) is 18.5 Å². The van der Waals surface area contributed by atoms with Gasteiger partial charge in [-0.2, -0.15) is 0 Å². The quantitative estimate of drug-likeness (QED) is 0.751. The van der Waals surface area contributed by atoms with Crippen molar-refractivity contribution < 1.29 is 9.47 Å². The highest BCUT2D eigenvalue weighted by Gasteiger charge is 2.12. The summed E-state index contributed by atoms with van der Waals surface area (Å²) in [5.74, 6) is 1.65. The lowest BCUT2D eigenvalue weighted by atomic mass is 10.2. The van der Waals surface area contributed by atoms with Crippen LogP contribution in [0.4, 0.5) is 0 Å². The van der Waals surface area contributed by atoms with Crippen LogP contribution in [0.25, 0.3) is 6.08 Å². The smallest absolute Gasteiger partial charge is 0.231 e. The third-order valence-corrected chi connectivity index (χ3v) is 1.99. The molecule has 0 bridgehead atoms. The Morgan fingerprint density at radius 1 is 1.38 bits per heavy atom. The number of hydrogen-bond acceptors (Lipinski definition) is 2. The maximum atomic E-state index is 5.25. The van der Waals surface area contributed by atoms with E-state index >= 15 is 0 Å². The van der Waals surface area contributed by atoms with Gasteiger partial charge in [-0.25, -0.2) is 0 Å². The maximum absolute atomic E-state index is 5.25. The largest absolute Gasteiger partial charge is 0.454 e. The van der Waals surface area contributed by atoms with E-state index in [1.807, 2.05) is 31.2 Å². The van der Waals surface area contributed by atoms with Gasteiger partial charge in [-0.3, -0.25) is 0 Å². The molecule has 13 heavy (non-hydrogen) atoms. The average molecular weight is 241 g/mol. The van der Waals surface area contributed by atoms with Gasteiger partial charge in [-0.15, -0.1) is 0 Å². The van der Waals surface area contributed by atoms with Crippen LogP contribution in [0, 0.1) is 0 Å². The van der Waals surface area contributed by atoms with E-state index in [9.17, 15) is 0 Å². The van der Waals surface area contributed by atoms with E-state index in [0.29, 0.717) is 6.79 Å². The van der Waals surface area contributed by atoms with Gasteiger partial charge >= 0.3 is 0 Å². The van der Waals surface area contributed by atoms with E-state index in [2.05, 4.69) is 15.9 Å². The first-order valence-corrected chi connectivity index (χ1v) is 4.78. The Morgan fingerprint density at radius 2 is 2.15 bits per heavy atom. The van der Waals surface area contributed by atoms with Crippen molar-refractivity contribution in [3.63, 3.8) is 0 Å². The molecule has 3 heteroatoms. The molecule has 1 aromatic carbocycles. The van der Waals surface area contributed by atoms with E-state index in [4.69, 9.17) is 9.47 Å². The van der Waals surface area contributed by atoms with Crippen molar-refractivity contribution in [3.8, 4) is 11.5 Å². The number of halogens is 1. The van der Waals surface area contributed by atoms with Crippen LogP contribution in [0.5, 0.6) is 11.5 Å². The van der Waals surface area contributed by atoms with Crippen molar-refractivity contribution in [1.82, 2.24) is 0 Å². The highest BCUT2D eigenvalue weighted by molar-refractivity contribution is 9.11. The standard InChI is InChI=1S/C10H9BrO2/c1-7(11)4-8-2-3-9-10(5-8)13-6-12-9/h2-5H,6H2,1H3. The molecule has 2 rings (SSSR count). The minimum atomic E-state index is 0.329. The van der Waals surface area contributed by atoms with Gasteiger partial charge in [0.05, 0.1) is 0 Å². The number of allylic oxidation sites excluding steroid dienone is 1. The molecule has 0 radical (unpaired) electrons. The number of ether oxygens (including phenoxy) is 2. The fourth-order valence-corrected chi connectivity index (χ4v) is 1.50. The van der Waals surface area contributed by atoms with Crippen LogP contribution in [0.2, 0.25) is 0 Å². The first-order valence-electron chi connectivity index (χ1n) is 3.99. The van der Waals surface area contributed by atoms with Gasteiger partial charge in [0.2, 0.25) is 6.79 Å². The zero-order valence-electron chi connectivity index (χ0n) is 7.21. The Morgan fingerprint density at radius 3 is 2.92 bits per heavy atom. The molecule has 0 unspecified atom stereocenters. The van der Waals surface area contributed by atoms with Crippen molar-refractivity contribution in [1.29, 1.82) is 0 Å². The van der Waals surface area contributed by atoms with E-state index in [-0.39, 0.29) is 0 Å². The lowest BCUT2D eigenvalue weighted by molar-refractivity contribution is 0.174. The second-order valence-corrected chi connectivity index (χ2v) is 4.09. The molecule has 68 valence electrons. The number of rotatable bonds is 1. The lowest BCUT2D eigenvalue weighted by Crippen LogP contribution is -1.92. The van der Waals surface area contributed by atoms with Crippen LogP contribution in [0.3, 0.4) is 0 Å². The summed E-state index contributed by atoms with van der Waals surface area (Å²) in [7, 11) is 0. The van der Waals surface area contributed by atoms with Gasteiger partial charge in [0.15, 0.2) is 11.5 Å². The summed E-state index contributed by atoms with van der Waals surface area (Å²) in [6, 6.07) is 5.88. The molecule has 1 aromatic rings. The molecule has 1 aliphatic rings. The highest BCUT2D eigenvalue weighted by atomic mass is 79.9. The molecule has 0 spiro atoms. The SMILES string of the molecule is CC(Br)=Cc1ccc2c(c1)OCO2. The number of fused-ring (bicyclic) bond motifs is 1. The van der Waals surface area contributed by atoms with Gasteiger partial charge in [0.25, 0.3) is 0 Å². The lowest BCUT2D eigenvalue weighted by Gasteiger charge is -1.97. The van der Waals surface area contributed by atoms with Crippen molar-refractivity contribution in [2.75, 3.05) is 6.79 Å². The van der Waals surface area contributed by atoms with Crippen LogP contribution < -0.4 is 9.47 Å². The second-order valence-electron chi connectivity index (χ2n) is 2.84. The van der Waals surface area contributed by atoms with Gasteiger partial charge < -0.3 is 9.47 Å². The third kappa shape index (κ3) is 1.86. The average Bonchev–Trinajstić information content (AvgIpc) is 2.49. The summed E-state index contributed by atoms with van der Waals surface area (Å²) in [6.45, 7) is 2.32. The van der Waals surface area contributed by atoms with Crippen molar-refractivity contribution in [2.45, 2.75) is 6.92 Å². The predicted molar refractivity (Wildman–Crippen MR) is 55.1 cm³/mol. The van der Waals surface area contributed by atoms with E-state index in [1.165, 1.54) is 0 Å². The molecule has 0 aromatic heterocycles. The first kappa shape index (κ1) is 8.63. The van der Waals surface area contributed by atoms with Gasteiger partial charge in [0, 0.05) is 0 Å². The minimum absolute atomic E-state index is 0.329. The molecule has 0 fully saturated rings. The Kier molecular flexibility index (Phi) is 2.27. The Balaban J connectivity index is 2.36. The number of benzene rings is 1. The van der Waals surface area contributed by atoms with Gasteiger partial charge in [-0.1, -0.05) is 22.0 Å². The summed E-state index contributed by atoms with van der Waals surface area (Å²) in [4.78, 5) is 0. The molecule has 2 nitrogen and oxygen atoms in total. The van der Waals surface area contributed by atoms with E-state index < -0.39 is 0 Å². The maximum Gasteiger partial charge on any atom is 0.231 e. The van der Waals surface area contributed by atoms with Crippen LogP contribution in [0.1, 0.15) is 12.5 Å². The molecule has 0 aliphatic carbocycles. The number of hydrogen-bond donors (Lipinski definition) is 0. The predicted octanol–water partition coefficient (Wildman–Crippen LogP) is 3.17. The normalized spacial score (nSPS) is 14.8. The zero-order valence-corrected chi connectivity index (χ0v) is 8.80. The first-order chi connectivity index (χ1) is 6.25. The Labute approximate surface area is 85.3 Å². The molecule has 0 amide bonds. The molecule has 0 N–H and O–H groups in total. The molecule has 1 heterocycles. The molecule has 0 saturated heterocycles. The minimum Gasteiger partial charge on any atom is -0.454 e. The van der Waals surface area contributed by atoms with Gasteiger partial charge in [-0.05, 0) is 35.2 Å². The van der Waals surface area contributed by atoms with E-state index in [0.717, 1.165) is 21.5 Å². The van der Waals surface area contributed by atoms with Crippen molar-refractivity contribution in [2.24, 2.45) is 0 Å². The fraction of sp³-hybridized carbons (Fsp3) is 0.200. The monoisotopic (exact) mass is 240 g/mol.